The molecule has 1 aliphatic carbocycles. The molecule has 1 unspecified atom stereocenters. The molecule has 2 N–H and O–H groups in total. The second-order valence-corrected chi connectivity index (χ2v) is 15.5. The van der Waals surface area contributed by atoms with Crippen molar-refractivity contribution in [3.05, 3.63) is 112 Å². The molecule has 0 radical (unpaired) electrons. The number of aromatic amines is 2. The van der Waals surface area contributed by atoms with E-state index in [0.717, 1.165) is 90.8 Å². The molecule has 9 rings (SSSR count). The SMILES string of the molecule is CC1=CC=C(c2cc(F)cc(OCCN3CCCC3)c2)c2cc(-c3c(C)[nH]c4cc(C)c(C5=CN6CC6C(OCCN6CCCC6)=C5)cc34)[nH]c2C1. The smallest absolute Gasteiger partial charge is 0.127 e. The molecule has 0 amide bonds. The van der Waals surface area contributed by atoms with Crippen LogP contribution >= 0.6 is 0 Å². The number of nitrogens with zero attached hydrogens (tertiary/aromatic N) is 3. The molecule has 1 atom stereocenters. The van der Waals surface area contributed by atoms with Crippen molar-refractivity contribution in [3.63, 3.8) is 0 Å². The molecule has 4 aliphatic heterocycles. The number of H-pyrrole nitrogens is 2. The van der Waals surface area contributed by atoms with Crippen LogP contribution in [-0.4, -0.2) is 89.7 Å². The van der Waals surface area contributed by atoms with Crippen LogP contribution in [0.1, 0.15) is 66.2 Å². The van der Waals surface area contributed by atoms with Gasteiger partial charge in [-0.1, -0.05) is 17.7 Å². The standard InChI is InChI=1S/C44H50FN5O2/c1-28-8-9-35(31-20-33(45)23-34(21-31)51-16-14-48-10-4-5-11-48)37-25-41(47-39(37)18-28)44-30(3)46-40-19-29(2)36(24-38(40)44)32-22-43(42-27-50(42)26-32)52-17-15-49-12-6-7-13-49/h8-9,19-26,42,46-47H,4-7,10-18,27H2,1-3H3. The third kappa shape index (κ3) is 6.63. The van der Waals surface area contributed by atoms with Gasteiger partial charge >= 0.3 is 0 Å². The molecule has 4 aromatic rings. The zero-order chi connectivity index (χ0) is 35.3. The fraction of sp³-hybridized carbons (Fsp3) is 0.409. The summed E-state index contributed by atoms with van der Waals surface area (Å²) >= 11 is 0. The van der Waals surface area contributed by atoms with E-state index < -0.39 is 0 Å². The van der Waals surface area contributed by atoms with Crippen molar-refractivity contribution in [1.82, 2.24) is 24.7 Å². The van der Waals surface area contributed by atoms with Gasteiger partial charge in [0, 0.05) is 83.0 Å². The molecular weight excluding hydrogens is 650 g/mol. The number of fused-ring (bicyclic) bond motifs is 3. The molecule has 270 valence electrons. The second kappa shape index (κ2) is 13.8. The van der Waals surface area contributed by atoms with E-state index in [2.05, 4.69) is 88.1 Å². The van der Waals surface area contributed by atoms with Crippen LogP contribution in [-0.2, 0) is 11.2 Å². The van der Waals surface area contributed by atoms with E-state index in [1.54, 1.807) is 6.07 Å². The van der Waals surface area contributed by atoms with Gasteiger partial charge in [0.15, 0.2) is 0 Å². The molecule has 5 aliphatic rings. The summed E-state index contributed by atoms with van der Waals surface area (Å²) < 4.78 is 27.7. The minimum absolute atomic E-state index is 0.285. The number of rotatable bonds is 11. The van der Waals surface area contributed by atoms with Gasteiger partial charge in [-0.15, -0.1) is 0 Å². The molecule has 0 bridgehead atoms. The third-order valence-electron chi connectivity index (χ3n) is 11.6. The van der Waals surface area contributed by atoms with Crippen molar-refractivity contribution >= 4 is 22.0 Å². The number of benzene rings is 2. The summed E-state index contributed by atoms with van der Waals surface area (Å²) in [5.74, 6) is 1.38. The molecule has 8 heteroatoms. The Balaban J connectivity index is 1.02. The zero-order valence-corrected chi connectivity index (χ0v) is 30.8. The fourth-order valence-corrected chi connectivity index (χ4v) is 8.76. The number of hydrogen-bond acceptors (Lipinski definition) is 5. The maximum atomic E-state index is 15.2. The Kier molecular flexibility index (Phi) is 8.84. The molecule has 2 aromatic heterocycles. The molecule has 7 nitrogen and oxygen atoms in total. The van der Waals surface area contributed by atoms with Crippen LogP contribution in [0.4, 0.5) is 4.39 Å². The van der Waals surface area contributed by atoms with Crippen LogP contribution in [0, 0.1) is 19.7 Å². The van der Waals surface area contributed by atoms with E-state index in [9.17, 15) is 0 Å². The van der Waals surface area contributed by atoms with E-state index in [0.29, 0.717) is 18.4 Å². The molecule has 0 saturated carbocycles. The summed E-state index contributed by atoms with van der Waals surface area (Å²) in [4.78, 5) is 14.8. The molecular formula is C44H50FN5O2. The van der Waals surface area contributed by atoms with Crippen LogP contribution in [0.5, 0.6) is 5.75 Å². The first kappa shape index (κ1) is 33.3. The summed E-state index contributed by atoms with van der Waals surface area (Å²) in [6, 6.07) is 12.4. The van der Waals surface area contributed by atoms with E-state index in [1.165, 1.54) is 78.1 Å². The van der Waals surface area contributed by atoms with Gasteiger partial charge in [0.25, 0.3) is 0 Å². The van der Waals surface area contributed by atoms with Crippen LogP contribution in [0.25, 0.3) is 33.3 Å². The number of ether oxygens (including phenoxy) is 2. The molecule has 6 heterocycles. The van der Waals surface area contributed by atoms with E-state index >= 15 is 4.39 Å². The maximum Gasteiger partial charge on any atom is 0.127 e. The van der Waals surface area contributed by atoms with Gasteiger partial charge in [-0.05, 0) is 131 Å². The van der Waals surface area contributed by atoms with Gasteiger partial charge in [-0.25, -0.2) is 4.39 Å². The predicted molar refractivity (Wildman–Crippen MR) is 208 cm³/mol. The Hall–Kier alpha value is -4.53. The highest BCUT2D eigenvalue weighted by Crippen LogP contribution is 2.42. The van der Waals surface area contributed by atoms with E-state index in [-0.39, 0.29) is 5.82 Å². The van der Waals surface area contributed by atoms with Crippen molar-refractivity contribution in [3.8, 4) is 17.0 Å². The number of aryl methyl sites for hydroxylation is 2. The van der Waals surface area contributed by atoms with Crippen molar-refractivity contribution in [2.24, 2.45) is 0 Å². The molecule has 3 saturated heterocycles. The lowest BCUT2D eigenvalue weighted by Gasteiger charge is -2.19. The first-order valence-electron chi connectivity index (χ1n) is 19.3. The summed E-state index contributed by atoms with van der Waals surface area (Å²) in [6.07, 6.45) is 14.8. The van der Waals surface area contributed by atoms with Crippen LogP contribution in [0.2, 0.25) is 0 Å². The largest absolute Gasteiger partial charge is 0.494 e. The highest BCUT2D eigenvalue weighted by molar-refractivity contribution is 6.00. The highest BCUT2D eigenvalue weighted by atomic mass is 19.1. The number of aromatic nitrogens is 2. The van der Waals surface area contributed by atoms with Crippen molar-refractivity contribution in [2.75, 3.05) is 59.0 Å². The molecule has 2 aromatic carbocycles. The lowest BCUT2D eigenvalue weighted by molar-refractivity contribution is 0.163. The van der Waals surface area contributed by atoms with Crippen molar-refractivity contribution < 1.29 is 13.9 Å². The van der Waals surface area contributed by atoms with Crippen LogP contribution < -0.4 is 4.74 Å². The van der Waals surface area contributed by atoms with Gasteiger partial charge < -0.3 is 24.3 Å². The average molecular weight is 700 g/mol. The fourth-order valence-electron chi connectivity index (χ4n) is 8.76. The highest BCUT2D eigenvalue weighted by Gasteiger charge is 2.39. The quantitative estimate of drug-likeness (QED) is 0.154. The monoisotopic (exact) mass is 699 g/mol. The Bertz CT molecular complexity index is 2140. The minimum atomic E-state index is -0.285. The molecule has 52 heavy (non-hydrogen) atoms. The van der Waals surface area contributed by atoms with Gasteiger partial charge in [0.05, 0.1) is 0 Å². The number of hydrogen-bond donors (Lipinski definition) is 2. The Morgan fingerprint density at radius 3 is 2.33 bits per heavy atom. The van der Waals surface area contributed by atoms with Crippen molar-refractivity contribution in [1.29, 1.82) is 0 Å². The maximum absolute atomic E-state index is 15.2. The normalized spacial score (nSPS) is 20.3. The lowest BCUT2D eigenvalue weighted by Crippen LogP contribution is -2.25. The summed E-state index contributed by atoms with van der Waals surface area (Å²) in [7, 11) is 0. The van der Waals surface area contributed by atoms with E-state index in [1.807, 2.05) is 6.07 Å². The Labute approximate surface area is 306 Å². The number of allylic oxidation sites excluding steroid dienone is 5. The second-order valence-electron chi connectivity index (χ2n) is 15.5. The Morgan fingerprint density at radius 1 is 0.808 bits per heavy atom. The Morgan fingerprint density at radius 2 is 1.56 bits per heavy atom. The molecule has 0 spiro atoms. The number of likely N-dealkylation sites (tertiary alicyclic amines) is 2. The topological polar surface area (TPSA) is 59.5 Å². The summed E-state index contributed by atoms with van der Waals surface area (Å²) in [5.41, 5.74) is 13.4. The van der Waals surface area contributed by atoms with Crippen LogP contribution in [0.3, 0.4) is 0 Å². The third-order valence-corrected chi connectivity index (χ3v) is 11.6. The number of halogens is 1. The average Bonchev–Trinajstić information content (AvgIpc) is 3.51. The minimum Gasteiger partial charge on any atom is -0.494 e. The summed E-state index contributed by atoms with van der Waals surface area (Å²) in [5, 5.41) is 1.19. The van der Waals surface area contributed by atoms with Crippen LogP contribution in [0.15, 0.2) is 72.2 Å². The van der Waals surface area contributed by atoms with Gasteiger partial charge in [0.2, 0.25) is 0 Å². The first-order chi connectivity index (χ1) is 25.4. The predicted octanol–water partition coefficient (Wildman–Crippen LogP) is 8.36. The van der Waals surface area contributed by atoms with E-state index in [4.69, 9.17) is 9.47 Å². The zero-order valence-electron chi connectivity index (χ0n) is 30.8. The van der Waals surface area contributed by atoms with Gasteiger partial charge in [-0.2, -0.15) is 0 Å². The summed E-state index contributed by atoms with van der Waals surface area (Å²) in [6.45, 7) is 15.3. The lowest BCUT2D eigenvalue weighted by atomic mass is 9.95. The molecule has 3 fully saturated rings. The first-order valence-corrected chi connectivity index (χ1v) is 19.3. The van der Waals surface area contributed by atoms with Gasteiger partial charge in [0.1, 0.15) is 36.6 Å². The number of nitrogens with one attached hydrogen (secondary N) is 2. The van der Waals surface area contributed by atoms with Gasteiger partial charge in [-0.3, -0.25) is 9.80 Å². The van der Waals surface area contributed by atoms with Crippen molar-refractivity contribution in [2.45, 2.75) is 58.9 Å².